The number of aromatic nitrogens is 4. The minimum Gasteiger partial charge on any atom is -0.489 e. The van der Waals surface area contributed by atoms with Crippen molar-refractivity contribution in [3.8, 4) is 17.1 Å². The van der Waals surface area contributed by atoms with Crippen molar-refractivity contribution in [1.82, 2.24) is 20.2 Å². The lowest BCUT2D eigenvalue weighted by Gasteiger charge is -2.08. The highest BCUT2D eigenvalue weighted by Crippen LogP contribution is 2.24. The molecule has 3 rings (SSSR count). The van der Waals surface area contributed by atoms with Crippen LogP contribution >= 0.6 is 23.2 Å². The van der Waals surface area contributed by atoms with Crippen LogP contribution in [0.4, 0.5) is 0 Å². The van der Waals surface area contributed by atoms with Crippen LogP contribution in [0.15, 0.2) is 42.5 Å². The molecule has 150 valence electrons. The normalized spacial score (nSPS) is 10.6. The van der Waals surface area contributed by atoms with Gasteiger partial charge in [-0.1, -0.05) is 29.3 Å². The zero-order valence-corrected chi connectivity index (χ0v) is 16.9. The van der Waals surface area contributed by atoms with Gasteiger partial charge in [0.2, 0.25) is 5.82 Å². The Morgan fingerprint density at radius 3 is 2.55 bits per heavy atom. The Morgan fingerprint density at radius 2 is 1.86 bits per heavy atom. The van der Waals surface area contributed by atoms with Gasteiger partial charge >= 0.3 is 5.97 Å². The van der Waals surface area contributed by atoms with E-state index in [1.165, 1.54) is 6.92 Å². The van der Waals surface area contributed by atoms with Gasteiger partial charge < -0.3 is 9.47 Å². The summed E-state index contributed by atoms with van der Waals surface area (Å²) in [6.07, 6.45) is 0. The molecule has 0 aliphatic heterocycles. The zero-order chi connectivity index (χ0) is 20.8. The fourth-order valence-electron chi connectivity index (χ4n) is 2.27. The van der Waals surface area contributed by atoms with Crippen LogP contribution < -0.4 is 4.74 Å². The molecular weight excluding hydrogens is 419 g/mol. The highest BCUT2D eigenvalue weighted by molar-refractivity contribution is 6.35. The van der Waals surface area contributed by atoms with Crippen LogP contribution in [0.2, 0.25) is 10.0 Å². The number of hydrogen-bond acceptors (Lipinski definition) is 7. The van der Waals surface area contributed by atoms with E-state index in [0.717, 1.165) is 10.4 Å². The first-order chi connectivity index (χ1) is 13.9. The molecule has 1 heterocycles. The second-order valence-electron chi connectivity index (χ2n) is 6.05. The molecule has 3 aromatic rings. The molecule has 0 aliphatic rings. The standard InChI is InChI=1S/C19H16Cl2N4O4/c1-12(26)10-29-18(27)9-25-23-19(22-24-25)13-3-6-16(7-4-13)28-11-14-2-5-15(20)8-17(14)21/h2-8H,9-11H2,1H3. The number of halogens is 2. The number of carbonyl (C=O) groups excluding carboxylic acids is 2. The van der Waals surface area contributed by atoms with Crippen LogP contribution in [-0.2, 0) is 27.5 Å². The molecular formula is C19H16Cl2N4O4. The highest BCUT2D eigenvalue weighted by atomic mass is 35.5. The molecule has 2 aromatic carbocycles. The van der Waals surface area contributed by atoms with E-state index in [1.54, 1.807) is 36.4 Å². The van der Waals surface area contributed by atoms with Crippen LogP contribution in [0.5, 0.6) is 5.75 Å². The van der Waals surface area contributed by atoms with E-state index in [1.807, 2.05) is 6.07 Å². The number of benzene rings is 2. The summed E-state index contributed by atoms with van der Waals surface area (Å²) >= 11 is 12.0. The molecule has 0 bridgehead atoms. The number of rotatable bonds is 8. The monoisotopic (exact) mass is 434 g/mol. The first kappa shape index (κ1) is 20.8. The number of ketones is 1. The van der Waals surface area contributed by atoms with Gasteiger partial charge in [-0.05, 0) is 48.5 Å². The first-order valence-corrected chi connectivity index (χ1v) is 9.26. The number of ether oxygens (including phenoxy) is 2. The summed E-state index contributed by atoms with van der Waals surface area (Å²) < 4.78 is 10.5. The van der Waals surface area contributed by atoms with Crippen LogP contribution in [-0.4, -0.2) is 38.6 Å². The smallest absolute Gasteiger partial charge is 0.330 e. The Kier molecular flexibility index (Phi) is 6.79. The third kappa shape index (κ3) is 6.00. The van der Waals surface area contributed by atoms with E-state index >= 15 is 0 Å². The number of tetrazole rings is 1. The highest BCUT2D eigenvalue weighted by Gasteiger charge is 2.11. The lowest BCUT2D eigenvalue weighted by Crippen LogP contribution is -2.18. The van der Waals surface area contributed by atoms with Crippen molar-refractivity contribution in [1.29, 1.82) is 0 Å². The fourth-order valence-corrected chi connectivity index (χ4v) is 2.73. The van der Waals surface area contributed by atoms with Gasteiger partial charge in [-0.3, -0.25) is 4.79 Å². The van der Waals surface area contributed by atoms with Crippen molar-refractivity contribution >= 4 is 35.0 Å². The van der Waals surface area contributed by atoms with Gasteiger partial charge in [0, 0.05) is 21.2 Å². The van der Waals surface area contributed by atoms with Gasteiger partial charge in [-0.15, -0.1) is 10.2 Å². The number of nitrogens with zero attached hydrogens (tertiary/aromatic N) is 4. The minimum absolute atomic E-state index is 0.233. The molecule has 0 radical (unpaired) electrons. The van der Waals surface area contributed by atoms with Crippen LogP contribution in [0.3, 0.4) is 0 Å². The lowest BCUT2D eigenvalue weighted by atomic mass is 10.2. The van der Waals surface area contributed by atoms with Crippen molar-refractivity contribution in [2.24, 2.45) is 0 Å². The number of hydrogen-bond donors (Lipinski definition) is 0. The molecule has 8 nitrogen and oxygen atoms in total. The Labute approximate surface area is 176 Å². The molecule has 0 unspecified atom stereocenters. The zero-order valence-electron chi connectivity index (χ0n) is 15.3. The third-order valence-electron chi connectivity index (χ3n) is 3.68. The first-order valence-electron chi connectivity index (χ1n) is 8.51. The van der Waals surface area contributed by atoms with Crippen molar-refractivity contribution in [2.75, 3.05) is 6.61 Å². The number of Topliss-reactive ketones (excluding diaryl/α,β-unsaturated/α-hetero) is 1. The maximum Gasteiger partial charge on any atom is 0.330 e. The molecule has 0 saturated heterocycles. The SMILES string of the molecule is CC(=O)COC(=O)Cn1nnc(-c2ccc(OCc3ccc(Cl)cc3Cl)cc2)n1. The summed E-state index contributed by atoms with van der Waals surface area (Å²) in [6, 6.07) is 12.3. The molecule has 0 N–H and O–H groups in total. The predicted molar refractivity (Wildman–Crippen MR) is 106 cm³/mol. The van der Waals surface area contributed by atoms with Crippen molar-refractivity contribution < 1.29 is 19.1 Å². The average Bonchev–Trinajstić information content (AvgIpc) is 3.14. The second kappa shape index (κ2) is 9.49. The molecule has 0 amide bonds. The Bertz CT molecular complexity index is 1020. The van der Waals surface area contributed by atoms with Gasteiger partial charge in [0.1, 0.15) is 19.0 Å². The quantitative estimate of drug-likeness (QED) is 0.501. The second-order valence-corrected chi connectivity index (χ2v) is 6.90. The molecule has 0 aliphatic carbocycles. The maximum atomic E-state index is 11.6. The molecule has 0 saturated carbocycles. The molecule has 0 fully saturated rings. The molecule has 10 heteroatoms. The Hall–Kier alpha value is -2.97. The van der Waals surface area contributed by atoms with Gasteiger partial charge in [0.15, 0.2) is 12.3 Å². The number of carbonyl (C=O) groups is 2. The average molecular weight is 435 g/mol. The van der Waals surface area contributed by atoms with E-state index in [2.05, 4.69) is 15.4 Å². The van der Waals surface area contributed by atoms with E-state index in [4.69, 9.17) is 32.7 Å². The van der Waals surface area contributed by atoms with Crippen molar-refractivity contribution in [3.63, 3.8) is 0 Å². The minimum atomic E-state index is -0.617. The summed E-state index contributed by atoms with van der Waals surface area (Å²) in [5.74, 6) is 0.122. The molecule has 0 spiro atoms. The summed E-state index contributed by atoms with van der Waals surface area (Å²) in [4.78, 5) is 23.5. The van der Waals surface area contributed by atoms with Crippen LogP contribution in [0.1, 0.15) is 12.5 Å². The fraction of sp³-hybridized carbons (Fsp3) is 0.211. The van der Waals surface area contributed by atoms with E-state index in [-0.39, 0.29) is 18.9 Å². The summed E-state index contributed by atoms with van der Waals surface area (Å²) in [7, 11) is 0. The van der Waals surface area contributed by atoms with Gasteiger partial charge in [0.25, 0.3) is 0 Å². The topological polar surface area (TPSA) is 96.2 Å². The third-order valence-corrected chi connectivity index (χ3v) is 4.27. The lowest BCUT2D eigenvalue weighted by molar-refractivity contribution is -0.148. The molecule has 0 atom stereocenters. The van der Waals surface area contributed by atoms with Crippen molar-refractivity contribution in [3.05, 3.63) is 58.1 Å². The van der Waals surface area contributed by atoms with Gasteiger partial charge in [-0.2, -0.15) is 4.80 Å². The number of esters is 1. The van der Waals surface area contributed by atoms with E-state index in [0.29, 0.717) is 33.8 Å². The summed E-state index contributed by atoms with van der Waals surface area (Å²) in [5.41, 5.74) is 1.52. The van der Waals surface area contributed by atoms with E-state index in [9.17, 15) is 9.59 Å². The van der Waals surface area contributed by atoms with Gasteiger partial charge in [-0.25, -0.2) is 4.79 Å². The molecule has 1 aromatic heterocycles. The van der Waals surface area contributed by atoms with Crippen LogP contribution in [0, 0.1) is 0 Å². The van der Waals surface area contributed by atoms with Gasteiger partial charge in [0.05, 0.1) is 0 Å². The van der Waals surface area contributed by atoms with Crippen molar-refractivity contribution in [2.45, 2.75) is 20.1 Å². The van der Waals surface area contributed by atoms with Crippen LogP contribution in [0.25, 0.3) is 11.4 Å². The summed E-state index contributed by atoms with van der Waals surface area (Å²) in [5, 5.41) is 13.0. The predicted octanol–water partition coefficient (Wildman–Crippen LogP) is 3.36. The van der Waals surface area contributed by atoms with E-state index < -0.39 is 5.97 Å². The summed E-state index contributed by atoms with van der Waals surface area (Å²) in [6.45, 7) is 1.12. The Morgan fingerprint density at radius 1 is 1.10 bits per heavy atom. The largest absolute Gasteiger partial charge is 0.489 e. The maximum absolute atomic E-state index is 11.6. The Balaban J connectivity index is 1.58. The molecule has 29 heavy (non-hydrogen) atoms.